The normalized spacial score (nSPS) is 30.3. The van der Waals surface area contributed by atoms with Crippen LogP contribution in [0.3, 0.4) is 0 Å². The predicted octanol–water partition coefficient (Wildman–Crippen LogP) is 2.78. The lowest BCUT2D eigenvalue weighted by atomic mass is 9.54. The number of halogens is 3. The van der Waals surface area contributed by atoms with E-state index in [1.165, 1.54) is 0 Å². The van der Waals surface area contributed by atoms with Gasteiger partial charge in [-0.2, -0.15) is 0 Å². The molecule has 0 amide bonds. The molecule has 58 valence electrons. The van der Waals surface area contributed by atoms with Crippen LogP contribution in [0.5, 0.6) is 0 Å². The van der Waals surface area contributed by atoms with Crippen molar-refractivity contribution in [1.82, 2.24) is 0 Å². The van der Waals surface area contributed by atoms with Crippen LogP contribution in [0.2, 0.25) is 5.82 Å². The van der Waals surface area contributed by atoms with Gasteiger partial charge in [0.05, 0.1) is 0 Å². The molecule has 2 rings (SSSR count). The maximum Gasteiger partial charge on any atom is 0.481 e. The Balaban J connectivity index is 1.90. The Morgan fingerprint density at radius 3 is 1.90 bits per heavy atom. The molecule has 0 N–H and O–H groups in total. The Morgan fingerprint density at radius 2 is 1.60 bits per heavy atom. The van der Waals surface area contributed by atoms with Crippen LogP contribution in [0, 0.1) is 5.41 Å². The fraction of sp³-hybridized carbons (Fsp3) is 1.00. The quantitative estimate of drug-likeness (QED) is 0.502. The highest BCUT2D eigenvalue weighted by Gasteiger charge is 2.57. The van der Waals surface area contributed by atoms with E-state index < -0.39 is 12.8 Å². The summed E-state index contributed by atoms with van der Waals surface area (Å²) >= 11 is 0. The second-order valence-electron chi connectivity index (χ2n) is 3.79. The van der Waals surface area contributed by atoms with E-state index in [2.05, 4.69) is 0 Å². The first-order valence-corrected chi connectivity index (χ1v) is 3.72. The maximum atomic E-state index is 11.9. The monoisotopic (exact) mass is 149 g/mol. The molecule has 0 heterocycles. The van der Waals surface area contributed by atoms with Gasteiger partial charge in [-0.05, 0) is 18.3 Å². The third-order valence-corrected chi connectivity index (χ3v) is 2.88. The molecule has 2 aliphatic carbocycles. The van der Waals surface area contributed by atoms with Crippen LogP contribution < -0.4 is 0 Å². The minimum Gasteiger partial charge on any atom is -0.449 e. The van der Waals surface area contributed by atoms with E-state index in [0.29, 0.717) is 12.8 Å². The maximum absolute atomic E-state index is 11.9. The Hall–Kier alpha value is -0.145. The van der Waals surface area contributed by atoms with Crippen molar-refractivity contribution in [3.05, 3.63) is 0 Å². The Bertz CT molecular complexity index is 151. The first-order chi connectivity index (χ1) is 4.52. The highest BCUT2D eigenvalue weighted by Crippen LogP contribution is 2.68. The molecule has 0 saturated heterocycles. The van der Waals surface area contributed by atoms with Gasteiger partial charge in [-0.15, -0.1) is 0 Å². The second kappa shape index (κ2) is 1.54. The van der Waals surface area contributed by atoms with E-state index in [9.17, 15) is 12.9 Å². The lowest BCUT2D eigenvalue weighted by molar-refractivity contribution is 0.235. The number of rotatable bonds is 1. The summed E-state index contributed by atoms with van der Waals surface area (Å²) in [6.45, 7) is -4.50. The van der Waals surface area contributed by atoms with Crippen molar-refractivity contribution in [2.24, 2.45) is 5.41 Å². The highest BCUT2D eigenvalue weighted by atomic mass is 19.4. The molecular formula is C6H9BF3-. The van der Waals surface area contributed by atoms with Gasteiger partial charge in [-0.25, -0.2) is 0 Å². The average Bonchev–Trinajstić information content (AvgIpc) is 2.32. The smallest absolute Gasteiger partial charge is 0.449 e. The van der Waals surface area contributed by atoms with Gasteiger partial charge in [-0.3, -0.25) is 0 Å². The van der Waals surface area contributed by atoms with E-state index in [0.717, 1.165) is 12.8 Å². The van der Waals surface area contributed by atoms with Crippen molar-refractivity contribution >= 4 is 6.98 Å². The Morgan fingerprint density at radius 1 is 1.10 bits per heavy atom. The van der Waals surface area contributed by atoms with Gasteiger partial charge in [0.2, 0.25) is 0 Å². The zero-order chi connectivity index (χ0) is 7.41. The van der Waals surface area contributed by atoms with Crippen molar-refractivity contribution in [3.8, 4) is 0 Å². The Kier molecular flexibility index (Phi) is 1.01. The molecule has 0 aromatic rings. The number of hydrogen-bond acceptors (Lipinski definition) is 0. The standard InChI is InChI=1S/C6H9BF3/c8-7(9,10)5-3-6(4-5)1-2-6/h5H,1-4H2/q-1. The molecule has 0 nitrogen and oxygen atoms in total. The summed E-state index contributed by atoms with van der Waals surface area (Å²) in [5.41, 5.74) is 0.196. The van der Waals surface area contributed by atoms with Crippen LogP contribution in [-0.4, -0.2) is 6.98 Å². The molecule has 0 unspecified atom stereocenters. The van der Waals surface area contributed by atoms with Crippen molar-refractivity contribution in [2.45, 2.75) is 31.5 Å². The van der Waals surface area contributed by atoms with E-state index in [-0.39, 0.29) is 5.41 Å². The molecule has 2 fully saturated rings. The van der Waals surface area contributed by atoms with E-state index in [4.69, 9.17) is 0 Å². The van der Waals surface area contributed by atoms with E-state index in [1.807, 2.05) is 0 Å². The van der Waals surface area contributed by atoms with Gasteiger partial charge >= 0.3 is 6.98 Å². The first-order valence-electron chi connectivity index (χ1n) is 3.72. The summed E-state index contributed by atoms with van der Waals surface area (Å²) in [6, 6.07) is 0. The van der Waals surface area contributed by atoms with Crippen molar-refractivity contribution in [1.29, 1.82) is 0 Å². The zero-order valence-electron chi connectivity index (χ0n) is 5.62. The fourth-order valence-corrected chi connectivity index (χ4v) is 1.90. The largest absolute Gasteiger partial charge is 0.481 e. The van der Waals surface area contributed by atoms with Crippen LogP contribution in [0.1, 0.15) is 25.7 Å². The SMILES string of the molecule is F[B-](F)(F)C1CC2(CC2)C1. The molecule has 0 aromatic carbocycles. The lowest BCUT2D eigenvalue weighted by Gasteiger charge is -2.42. The Labute approximate surface area is 57.9 Å². The molecule has 0 bridgehead atoms. The molecule has 4 heteroatoms. The molecule has 0 radical (unpaired) electrons. The molecule has 10 heavy (non-hydrogen) atoms. The number of hydrogen-bond donors (Lipinski definition) is 0. The third kappa shape index (κ3) is 0.849. The van der Waals surface area contributed by atoms with Gasteiger partial charge in [-0.1, -0.05) is 18.7 Å². The highest BCUT2D eigenvalue weighted by molar-refractivity contribution is 6.60. The predicted molar refractivity (Wildman–Crippen MR) is 33.7 cm³/mol. The van der Waals surface area contributed by atoms with Crippen LogP contribution >= 0.6 is 0 Å². The van der Waals surface area contributed by atoms with Gasteiger partial charge < -0.3 is 12.9 Å². The van der Waals surface area contributed by atoms with Crippen molar-refractivity contribution in [3.63, 3.8) is 0 Å². The summed E-state index contributed by atoms with van der Waals surface area (Å²) in [7, 11) is 0. The van der Waals surface area contributed by atoms with Gasteiger partial charge in [0.25, 0.3) is 0 Å². The second-order valence-corrected chi connectivity index (χ2v) is 3.79. The van der Waals surface area contributed by atoms with E-state index in [1.54, 1.807) is 0 Å². The summed E-state index contributed by atoms with van der Waals surface area (Å²) in [5, 5.41) is 0. The van der Waals surface area contributed by atoms with Crippen LogP contribution in [0.15, 0.2) is 0 Å². The summed E-state index contributed by atoms with van der Waals surface area (Å²) in [4.78, 5) is 0. The van der Waals surface area contributed by atoms with Crippen LogP contribution in [-0.2, 0) is 0 Å². The fourth-order valence-electron chi connectivity index (χ4n) is 1.90. The molecular weight excluding hydrogens is 140 g/mol. The molecule has 0 atom stereocenters. The zero-order valence-corrected chi connectivity index (χ0v) is 5.62. The molecule has 1 spiro atoms. The molecule has 2 aliphatic rings. The van der Waals surface area contributed by atoms with Gasteiger partial charge in [0, 0.05) is 0 Å². The van der Waals surface area contributed by atoms with Crippen LogP contribution in [0.25, 0.3) is 0 Å². The summed E-state index contributed by atoms with van der Waals surface area (Å²) < 4.78 is 35.8. The summed E-state index contributed by atoms with van der Waals surface area (Å²) in [6.07, 6.45) is 2.98. The lowest BCUT2D eigenvalue weighted by Crippen LogP contribution is -2.35. The van der Waals surface area contributed by atoms with E-state index >= 15 is 0 Å². The average molecular weight is 149 g/mol. The molecule has 0 aromatic heterocycles. The topological polar surface area (TPSA) is 0 Å². The van der Waals surface area contributed by atoms with Crippen molar-refractivity contribution in [2.75, 3.05) is 0 Å². The van der Waals surface area contributed by atoms with Crippen LogP contribution in [0.4, 0.5) is 12.9 Å². The van der Waals surface area contributed by atoms with Gasteiger partial charge in [0.15, 0.2) is 0 Å². The molecule has 2 saturated carbocycles. The van der Waals surface area contributed by atoms with Gasteiger partial charge in [0.1, 0.15) is 0 Å². The summed E-state index contributed by atoms with van der Waals surface area (Å²) in [5.74, 6) is -0.900. The van der Waals surface area contributed by atoms with Crippen molar-refractivity contribution < 1.29 is 12.9 Å². The minimum absolute atomic E-state index is 0.196. The minimum atomic E-state index is -4.50. The first kappa shape index (κ1) is 6.56. The third-order valence-electron chi connectivity index (χ3n) is 2.88. The molecule has 0 aliphatic heterocycles.